The summed E-state index contributed by atoms with van der Waals surface area (Å²) in [6.45, 7) is 8.66. The van der Waals surface area contributed by atoms with Gasteiger partial charge in [0.2, 0.25) is 0 Å². The van der Waals surface area contributed by atoms with Crippen molar-refractivity contribution in [2.24, 2.45) is 0 Å². The van der Waals surface area contributed by atoms with Crippen LogP contribution in [0.4, 0.5) is 0 Å². The Morgan fingerprint density at radius 3 is 2.20 bits per heavy atom. The molecule has 0 radical (unpaired) electrons. The van der Waals surface area contributed by atoms with Crippen LogP contribution in [0.1, 0.15) is 25.0 Å². The average Bonchev–Trinajstić information content (AvgIpc) is 2.39. The summed E-state index contributed by atoms with van der Waals surface area (Å²) >= 11 is 0. The van der Waals surface area contributed by atoms with Gasteiger partial charge in [-0.3, -0.25) is 4.90 Å². The Balaban J connectivity index is 2.10. The molecule has 2 rings (SSSR count). The van der Waals surface area contributed by atoms with Crippen molar-refractivity contribution in [2.75, 3.05) is 32.4 Å². The maximum atomic E-state index is 11.8. The van der Waals surface area contributed by atoms with Crippen LogP contribution in [0.3, 0.4) is 0 Å². The number of hydrogen-bond acceptors (Lipinski definition) is 4. The summed E-state index contributed by atoms with van der Waals surface area (Å²) in [4.78, 5) is 2.41. The maximum Gasteiger partial charge on any atom is 0.156 e. The minimum atomic E-state index is -3.11. The molecule has 0 amide bonds. The standard InChI is InChI=1S/C15H24N2O2S/c1-15(2,20(3,18)19)14-6-4-13(5-7-14)12-17-10-8-16-9-11-17/h4-7,16H,8-12H2,1-3H3. The SMILES string of the molecule is CC(C)(c1ccc(CN2CCNCC2)cc1)S(C)(=O)=O. The second kappa shape index (κ2) is 5.84. The molecule has 1 aromatic carbocycles. The highest BCUT2D eigenvalue weighted by Gasteiger charge is 2.31. The molecule has 1 fully saturated rings. The van der Waals surface area contributed by atoms with E-state index in [0.29, 0.717) is 0 Å². The lowest BCUT2D eigenvalue weighted by molar-refractivity contribution is 0.233. The number of rotatable bonds is 4. The van der Waals surface area contributed by atoms with Crippen LogP contribution in [0.15, 0.2) is 24.3 Å². The number of piperazine rings is 1. The van der Waals surface area contributed by atoms with E-state index in [0.717, 1.165) is 38.3 Å². The smallest absolute Gasteiger partial charge is 0.156 e. The molecule has 1 aliphatic rings. The number of nitrogens with zero attached hydrogens (tertiary/aromatic N) is 1. The quantitative estimate of drug-likeness (QED) is 0.912. The van der Waals surface area contributed by atoms with Crippen LogP contribution in [0.5, 0.6) is 0 Å². The third-order valence-corrected chi connectivity index (χ3v) is 6.28. The first-order valence-electron chi connectivity index (χ1n) is 7.03. The van der Waals surface area contributed by atoms with E-state index in [1.807, 2.05) is 24.3 Å². The zero-order valence-electron chi connectivity index (χ0n) is 12.5. The molecule has 0 aromatic heterocycles. The van der Waals surface area contributed by atoms with Crippen molar-refractivity contribution in [3.05, 3.63) is 35.4 Å². The molecule has 20 heavy (non-hydrogen) atoms. The fourth-order valence-electron chi connectivity index (χ4n) is 2.35. The lowest BCUT2D eigenvalue weighted by atomic mass is 10.0. The van der Waals surface area contributed by atoms with Crippen LogP contribution in [-0.2, 0) is 21.1 Å². The summed E-state index contributed by atoms with van der Waals surface area (Å²) in [6, 6.07) is 7.98. The lowest BCUT2D eigenvalue weighted by Gasteiger charge is -2.27. The molecule has 4 nitrogen and oxygen atoms in total. The Labute approximate surface area is 122 Å². The fraction of sp³-hybridized carbons (Fsp3) is 0.600. The molecular formula is C15H24N2O2S. The van der Waals surface area contributed by atoms with E-state index in [1.165, 1.54) is 11.8 Å². The summed E-state index contributed by atoms with van der Waals surface area (Å²) in [5.74, 6) is 0. The van der Waals surface area contributed by atoms with Crippen molar-refractivity contribution in [2.45, 2.75) is 25.1 Å². The van der Waals surface area contributed by atoms with Crippen molar-refractivity contribution < 1.29 is 8.42 Å². The summed E-state index contributed by atoms with van der Waals surface area (Å²) in [7, 11) is -3.11. The predicted molar refractivity (Wildman–Crippen MR) is 82.5 cm³/mol. The van der Waals surface area contributed by atoms with Crippen LogP contribution in [0.25, 0.3) is 0 Å². The summed E-state index contributed by atoms with van der Waals surface area (Å²) in [5.41, 5.74) is 2.09. The molecule has 1 saturated heterocycles. The minimum absolute atomic E-state index is 0.833. The molecule has 0 atom stereocenters. The van der Waals surface area contributed by atoms with Crippen LogP contribution < -0.4 is 5.32 Å². The molecule has 0 saturated carbocycles. The van der Waals surface area contributed by atoms with Crippen LogP contribution >= 0.6 is 0 Å². The first kappa shape index (κ1) is 15.5. The highest BCUT2D eigenvalue weighted by Crippen LogP contribution is 2.29. The van der Waals surface area contributed by atoms with E-state index in [9.17, 15) is 8.42 Å². The Hall–Kier alpha value is -0.910. The molecule has 5 heteroatoms. The second-order valence-corrected chi connectivity index (χ2v) is 8.57. The third kappa shape index (κ3) is 3.40. The third-order valence-electron chi connectivity index (χ3n) is 4.19. The van der Waals surface area contributed by atoms with E-state index in [-0.39, 0.29) is 0 Å². The zero-order chi connectivity index (χ0) is 14.8. The van der Waals surface area contributed by atoms with Crippen LogP contribution in [0, 0.1) is 0 Å². The van der Waals surface area contributed by atoms with E-state index in [4.69, 9.17) is 0 Å². The lowest BCUT2D eigenvalue weighted by Crippen LogP contribution is -2.42. The molecule has 112 valence electrons. The molecular weight excluding hydrogens is 272 g/mol. The van der Waals surface area contributed by atoms with Gasteiger partial charge in [0, 0.05) is 39.0 Å². The monoisotopic (exact) mass is 296 g/mol. The number of hydrogen-bond donors (Lipinski definition) is 1. The fourth-order valence-corrected chi connectivity index (χ4v) is 2.92. The van der Waals surface area contributed by atoms with Crippen molar-refractivity contribution in [1.29, 1.82) is 0 Å². The molecule has 0 spiro atoms. The summed E-state index contributed by atoms with van der Waals surface area (Å²) in [6.07, 6.45) is 1.29. The van der Waals surface area contributed by atoms with Gasteiger partial charge in [-0.2, -0.15) is 0 Å². The molecule has 1 heterocycles. The van der Waals surface area contributed by atoms with Gasteiger partial charge in [-0.25, -0.2) is 8.42 Å². The maximum absolute atomic E-state index is 11.8. The van der Waals surface area contributed by atoms with Gasteiger partial charge in [-0.05, 0) is 25.0 Å². The Kier molecular flexibility index (Phi) is 4.52. The first-order valence-corrected chi connectivity index (χ1v) is 8.92. The largest absolute Gasteiger partial charge is 0.314 e. The van der Waals surface area contributed by atoms with Gasteiger partial charge < -0.3 is 5.32 Å². The van der Waals surface area contributed by atoms with Crippen molar-refractivity contribution in [1.82, 2.24) is 10.2 Å². The van der Waals surface area contributed by atoms with Gasteiger partial charge in [0.25, 0.3) is 0 Å². The van der Waals surface area contributed by atoms with Gasteiger partial charge in [-0.1, -0.05) is 24.3 Å². The van der Waals surface area contributed by atoms with E-state index in [1.54, 1.807) is 13.8 Å². The van der Waals surface area contributed by atoms with Crippen molar-refractivity contribution in [3.63, 3.8) is 0 Å². The van der Waals surface area contributed by atoms with E-state index >= 15 is 0 Å². The second-order valence-electron chi connectivity index (χ2n) is 6.01. The van der Waals surface area contributed by atoms with E-state index in [2.05, 4.69) is 10.2 Å². The molecule has 0 aliphatic carbocycles. The highest BCUT2D eigenvalue weighted by atomic mass is 32.2. The Morgan fingerprint density at radius 1 is 1.15 bits per heavy atom. The first-order chi connectivity index (χ1) is 9.30. The molecule has 1 N–H and O–H groups in total. The van der Waals surface area contributed by atoms with Gasteiger partial charge in [0.15, 0.2) is 9.84 Å². The summed E-state index contributed by atoms with van der Waals surface area (Å²) in [5, 5.41) is 3.34. The van der Waals surface area contributed by atoms with Gasteiger partial charge >= 0.3 is 0 Å². The molecule has 0 unspecified atom stereocenters. The van der Waals surface area contributed by atoms with Crippen LogP contribution in [0.2, 0.25) is 0 Å². The predicted octanol–water partition coefficient (Wildman–Crippen LogP) is 1.37. The van der Waals surface area contributed by atoms with Crippen molar-refractivity contribution >= 4 is 9.84 Å². The Bertz CT molecular complexity index is 544. The topological polar surface area (TPSA) is 49.4 Å². The number of nitrogens with one attached hydrogen (secondary N) is 1. The average molecular weight is 296 g/mol. The summed E-state index contributed by atoms with van der Waals surface area (Å²) < 4.78 is 22.8. The van der Waals surface area contributed by atoms with Gasteiger partial charge in [0.1, 0.15) is 0 Å². The molecule has 1 aromatic rings. The molecule has 1 aliphatic heterocycles. The number of sulfone groups is 1. The highest BCUT2D eigenvalue weighted by molar-refractivity contribution is 7.91. The number of benzene rings is 1. The molecule has 0 bridgehead atoms. The zero-order valence-corrected chi connectivity index (χ0v) is 13.3. The minimum Gasteiger partial charge on any atom is -0.314 e. The van der Waals surface area contributed by atoms with Crippen LogP contribution in [-0.4, -0.2) is 45.8 Å². The van der Waals surface area contributed by atoms with Crippen molar-refractivity contribution in [3.8, 4) is 0 Å². The van der Waals surface area contributed by atoms with Gasteiger partial charge in [0.05, 0.1) is 4.75 Å². The van der Waals surface area contributed by atoms with E-state index < -0.39 is 14.6 Å². The normalized spacial score (nSPS) is 18.1. The Morgan fingerprint density at radius 2 is 1.70 bits per heavy atom. The van der Waals surface area contributed by atoms with Gasteiger partial charge in [-0.15, -0.1) is 0 Å².